The van der Waals surface area contributed by atoms with Gasteiger partial charge in [-0.25, -0.2) is 4.98 Å². The number of anilines is 1. The molecule has 0 aliphatic heterocycles. The van der Waals surface area contributed by atoms with Crippen molar-refractivity contribution in [3.63, 3.8) is 0 Å². The summed E-state index contributed by atoms with van der Waals surface area (Å²) in [5.74, 6) is 1.19. The number of nitrogens with zero attached hydrogens (tertiary/aromatic N) is 1. The van der Waals surface area contributed by atoms with E-state index in [0.717, 1.165) is 27.1 Å². The van der Waals surface area contributed by atoms with Gasteiger partial charge in [0.1, 0.15) is 11.5 Å². The Hall–Kier alpha value is -3.38. The average Bonchev–Trinajstić information content (AvgIpc) is 3.16. The zero-order valence-corrected chi connectivity index (χ0v) is 17.6. The molecule has 4 rings (SSSR count). The zero-order chi connectivity index (χ0) is 20.9. The molecule has 0 saturated heterocycles. The van der Waals surface area contributed by atoms with Crippen molar-refractivity contribution in [1.82, 2.24) is 4.98 Å². The molecule has 0 spiro atoms. The molecule has 1 amide bonds. The summed E-state index contributed by atoms with van der Waals surface area (Å²) >= 11 is 1.41. The second-order valence-corrected chi connectivity index (χ2v) is 7.75. The van der Waals surface area contributed by atoms with Gasteiger partial charge in [0.25, 0.3) is 5.91 Å². The summed E-state index contributed by atoms with van der Waals surface area (Å²) in [6.45, 7) is 4.27. The minimum Gasteiger partial charge on any atom is -0.494 e. The molecule has 5 nitrogen and oxygen atoms in total. The lowest BCUT2D eigenvalue weighted by Gasteiger charge is -2.14. The Labute approximate surface area is 179 Å². The van der Waals surface area contributed by atoms with Crippen LogP contribution in [-0.4, -0.2) is 23.6 Å². The molecule has 0 fully saturated rings. The highest BCUT2D eigenvalue weighted by molar-refractivity contribution is 7.22. The van der Waals surface area contributed by atoms with Crippen LogP contribution in [0.1, 0.15) is 13.8 Å². The van der Waals surface area contributed by atoms with E-state index in [1.807, 2.05) is 67.6 Å². The maximum absolute atomic E-state index is 12.6. The van der Waals surface area contributed by atoms with Crippen LogP contribution in [0.4, 0.5) is 5.13 Å². The minimum atomic E-state index is -0.654. The van der Waals surface area contributed by atoms with Gasteiger partial charge in [0.05, 0.1) is 16.8 Å². The van der Waals surface area contributed by atoms with Crippen LogP contribution in [0.15, 0.2) is 72.8 Å². The number of hydrogen-bond donors (Lipinski definition) is 1. The lowest BCUT2D eigenvalue weighted by molar-refractivity contribution is -0.122. The Morgan fingerprint density at radius 1 is 1.00 bits per heavy atom. The van der Waals surface area contributed by atoms with E-state index >= 15 is 0 Å². The highest BCUT2D eigenvalue weighted by Gasteiger charge is 2.17. The first kappa shape index (κ1) is 19.9. The number of rotatable bonds is 7. The van der Waals surface area contributed by atoms with Gasteiger partial charge in [0.15, 0.2) is 11.2 Å². The third-order valence-electron chi connectivity index (χ3n) is 4.54. The largest absolute Gasteiger partial charge is 0.494 e. The summed E-state index contributed by atoms with van der Waals surface area (Å²) in [5, 5.41) is 3.38. The van der Waals surface area contributed by atoms with Crippen LogP contribution in [-0.2, 0) is 4.79 Å². The summed E-state index contributed by atoms with van der Waals surface area (Å²) in [4.78, 5) is 17.0. The van der Waals surface area contributed by atoms with Crippen molar-refractivity contribution in [1.29, 1.82) is 0 Å². The maximum Gasteiger partial charge on any atom is 0.266 e. The Bertz CT molecular complexity index is 1140. The zero-order valence-electron chi connectivity index (χ0n) is 16.8. The summed E-state index contributed by atoms with van der Waals surface area (Å²) in [6.07, 6.45) is -0.654. The molecule has 1 atom stereocenters. The third-order valence-corrected chi connectivity index (χ3v) is 5.48. The van der Waals surface area contributed by atoms with Gasteiger partial charge in [0, 0.05) is 0 Å². The van der Waals surface area contributed by atoms with E-state index in [0.29, 0.717) is 17.5 Å². The van der Waals surface area contributed by atoms with Crippen LogP contribution in [0.25, 0.3) is 21.3 Å². The first-order valence-electron chi connectivity index (χ1n) is 9.79. The molecule has 0 aliphatic carbocycles. The monoisotopic (exact) mass is 418 g/mol. The Balaban J connectivity index is 1.39. The fraction of sp³-hybridized carbons (Fsp3) is 0.167. The van der Waals surface area contributed by atoms with Crippen molar-refractivity contribution in [2.75, 3.05) is 11.9 Å². The van der Waals surface area contributed by atoms with Gasteiger partial charge >= 0.3 is 0 Å². The van der Waals surface area contributed by atoms with Crippen molar-refractivity contribution in [3.05, 3.63) is 72.8 Å². The molecule has 1 heterocycles. The molecule has 1 unspecified atom stereocenters. The van der Waals surface area contributed by atoms with E-state index in [2.05, 4.69) is 22.4 Å². The molecule has 3 aromatic carbocycles. The van der Waals surface area contributed by atoms with Crippen LogP contribution in [0.3, 0.4) is 0 Å². The molecule has 30 heavy (non-hydrogen) atoms. The van der Waals surface area contributed by atoms with Gasteiger partial charge < -0.3 is 9.47 Å². The normalized spacial score (nSPS) is 11.8. The maximum atomic E-state index is 12.6. The molecule has 0 radical (unpaired) electrons. The van der Waals surface area contributed by atoms with E-state index in [1.165, 1.54) is 11.3 Å². The van der Waals surface area contributed by atoms with E-state index in [-0.39, 0.29) is 5.91 Å². The highest BCUT2D eigenvalue weighted by atomic mass is 32.1. The van der Waals surface area contributed by atoms with E-state index < -0.39 is 6.10 Å². The number of aromatic nitrogens is 1. The second kappa shape index (κ2) is 8.97. The minimum absolute atomic E-state index is 0.244. The predicted molar refractivity (Wildman–Crippen MR) is 121 cm³/mol. The van der Waals surface area contributed by atoms with Crippen LogP contribution < -0.4 is 14.8 Å². The van der Waals surface area contributed by atoms with E-state index in [9.17, 15) is 4.79 Å². The van der Waals surface area contributed by atoms with Gasteiger partial charge in [-0.3, -0.25) is 10.1 Å². The summed E-state index contributed by atoms with van der Waals surface area (Å²) in [7, 11) is 0. The standard InChI is InChI=1S/C24H22N2O3S/c1-3-28-20-13-14-21-22(15-20)30-24(25-21)26-23(27)16(2)29-19-11-9-18(10-12-19)17-7-5-4-6-8-17/h4-16H,3H2,1-2H3,(H,25,26,27). The molecule has 0 bridgehead atoms. The number of benzene rings is 3. The van der Waals surface area contributed by atoms with E-state index in [1.54, 1.807) is 6.92 Å². The topological polar surface area (TPSA) is 60.5 Å². The van der Waals surface area contributed by atoms with Crippen molar-refractivity contribution < 1.29 is 14.3 Å². The number of ether oxygens (including phenoxy) is 2. The predicted octanol–water partition coefficient (Wildman–Crippen LogP) is 5.77. The van der Waals surface area contributed by atoms with Gasteiger partial charge in [-0.15, -0.1) is 0 Å². The molecule has 0 aliphatic rings. The number of fused-ring (bicyclic) bond motifs is 1. The highest BCUT2D eigenvalue weighted by Crippen LogP contribution is 2.29. The van der Waals surface area contributed by atoms with Crippen LogP contribution in [0, 0.1) is 0 Å². The van der Waals surface area contributed by atoms with Gasteiger partial charge in [-0.1, -0.05) is 53.8 Å². The molecule has 1 N–H and O–H groups in total. The number of carbonyl (C=O) groups is 1. The number of thiazole rings is 1. The average molecular weight is 419 g/mol. The smallest absolute Gasteiger partial charge is 0.266 e. The molecule has 6 heteroatoms. The Morgan fingerprint density at radius 2 is 1.70 bits per heavy atom. The summed E-state index contributed by atoms with van der Waals surface area (Å²) in [5.41, 5.74) is 3.06. The van der Waals surface area contributed by atoms with Crippen molar-refractivity contribution in [2.24, 2.45) is 0 Å². The fourth-order valence-electron chi connectivity index (χ4n) is 3.04. The molecule has 152 valence electrons. The first-order valence-corrected chi connectivity index (χ1v) is 10.6. The quantitative estimate of drug-likeness (QED) is 0.414. The molecule has 1 aromatic heterocycles. The number of hydrogen-bond acceptors (Lipinski definition) is 5. The number of amides is 1. The fourth-order valence-corrected chi connectivity index (χ4v) is 3.93. The van der Waals surface area contributed by atoms with Crippen LogP contribution >= 0.6 is 11.3 Å². The second-order valence-electron chi connectivity index (χ2n) is 6.72. The lowest BCUT2D eigenvalue weighted by Crippen LogP contribution is -2.30. The Kier molecular flexibility index (Phi) is 5.95. The van der Waals surface area contributed by atoms with Crippen molar-refractivity contribution in [2.45, 2.75) is 20.0 Å². The summed E-state index contributed by atoms with van der Waals surface area (Å²) in [6, 6.07) is 23.5. The van der Waals surface area contributed by atoms with Crippen LogP contribution in [0.2, 0.25) is 0 Å². The lowest BCUT2D eigenvalue weighted by atomic mass is 10.1. The van der Waals surface area contributed by atoms with Gasteiger partial charge in [-0.2, -0.15) is 0 Å². The van der Waals surface area contributed by atoms with E-state index in [4.69, 9.17) is 9.47 Å². The number of nitrogens with one attached hydrogen (secondary N) is 1. The molecular weight excluding hydrogens is 396 g/mol. The molecular formula is C24H22N2O3S. The first-order chi connectivity index (χ1) is 14.6. The SMILES string of the molecule is CCOc1ccc2nc(NC(=O)C(C)Oc3ccc(-c4ccccc4)cc3)sc2c1. The third kappa shape index (κ3) is 4.60. The molecule has 4 aromatic rings. The Morgan fingerprint density at radius 3 is 2.43 bits per heavy atom. The van der Waals surface area contributed by atoms with Crippen molar-refractivity contribution >= 4 is 32.6 Å². The van der Waals surface area contributed by atoms with Crippen LogP contribution in [0.5, 0.6) is 11.5 Å². The number of carbonyl (C=O) groups excluding carboxylic acids is 1. The van der Waals surface area contributed by atoms with Crippen molar-refractivity contribution in [3.8, 4) is 22.6 Å². The van der Waals surface area contributed by atoms with Gasteiger partial charge in [-0.05, 0) is 55.3 Å². The summed E-state index contributed by atoms with van der Waals surface area (Å²) < 4.78 is 12.3. The van der Waals surface area contributed by atoms with Gasteiger partial charge in [0.2, 0.25) is 0 Å². The molecule has 0 saturated carbocycles.